The average molecular weight is 401 g/mol. The van der Waals surface area contributed by atoms with Gasteiger partial charge < -0.3 is 15.0 Å². The Labute approximate surface area is 168 Å². The van der Waals surface area contributed by atoms with Gasteiger partial charge in [0.05, 0.1) is 10.6 Å². The van der Waals surface area contributed by atoms with Crippen molar-refractivity contribution in [2.75, 3.05) is 11.4 Å². The van der Waals surface area contributed by atoms with Crippen molar-refractivity contribution in [3.63, 3.8) is 0 Å². The molecule has 0 saturated carbocycles. The van der Waals surface area contributed by atoms with Gasteiger partial charge in [0, 0.05) is 12.2 Å². The Bertz CT molecular complexity index is 915. The van der Waals surface area contributed by atoms with Crippen LogP contribution < -0.4 is 10.2 Å². The number of fused-ring (bicyclic) bond motifs is 1. The Kier molecular flexibility index (Phi) is 5.99. The number of nitrogens with one attached hydrogen (secondary N) is 1. The molecule has 0 aliphatic carbocycles. The van der Waals surface area contributed by atoms with Crippen molar-refractivity contribution < 1.29 is 19.1 Å². The molecular weight excluding hydrogens is 380 g/mol. The molecule has 1 aliphatic heterocycles. The van der Waals surface area contributed by atoms with Crippen LogP contribution in [0.5, 0.6) is 0 Å². The first kappa shape index (κ1) is 19.9. The molecule has 6 nitrogen and oxygen atoms in total. The number of para-hydroxylation sites is 1. The molecule has 0 bridgehead atoms. The number of nitrogens with zero attached hydrogens (tertiary/aromatic N) is 1. The third kappa shape index (κ3) is 4.17. The quantitative estimate of drug-likeness (QED) is 0.783. The molecule has 146 valence electrons. The zero-order valence-electron chi connectivity index (χ0n) is 15.6. The largest absolute Gasteiger partial charge is 0.451 e. The highest BCUT2D eigenvalue weighted by Gasteiger charge is 2.31. The summed E-state index contributed by atoms with van der Waals surface area (Å²) in [7, 11) is 0. The molecule has 0 aromatic heterocycles. The van der Waals surface area contributed by atoms with Gasteiger partial charge in [-0.05, 0) is 44.0 Å². The molecule has 1 N–H and O–H groups in total. The fraction of sp³-hybridized carbons (Fsp3) is 0.286. The summed E-state index contributed by atoms with van der Waals surface area (Å²) in [5, 5.41) is 2.83. The number of hydrogen-bond donors (Lipinski definition) is 1. The number of esters is 1. The first-order chi connectivity index (χ1) is 13.4. The molecule has 1 heterocycles. The fourth-order valence-corrected chi connectivity index (χ4v) is 3.31. The van der Waals surface area contributed by atoms with Crippen molar-refractivity contribution in [2.24, 2.45) is 0 Å². The number of rotatable bonds is 5. The Morgan fingerprint density at radius 2 is 1.75 bits per heavy atom. The Hall–Kier alpha value is -2.86. The normalized spacial score (nSPS) is 14.8. The van der Waals surface area contributed by atoms with Crippen LogP contribution >= 0.6 is 11.6 Å². The lowest BCUT2D eigenvalue weighted by Gasteiger charge is -2.23. The number of hydrogen-bond acceptors (Lipinski definition) is 4. The van der Waals surface area contributed by atoms with E-state index in [4.69, 9.17) is 16.3 Å². The minimum absolute atomic E-state index is 0.265. The van der Waals surface area contributed by atoms with Crippen LogP contribution in [0.4, 0.5) is 5.69 Å². The lowest BCUT2D eigenvalue weighted by Crippen LogP contribution is -2.44. The van der Waals surface area contributed by atoms with E-state index >= 15 is 0 Å². The van der Waals surface area contributed by atoms with Gasteiger partial charge >= 0.3 is 5.97 Å². The van der Waals surface area contributed by atoms with Crippen LogP contribution in [0.2, 0.25) is 5.02 Å². The summed E-state index contributed by atoms with van der Waals surface area (Å²) in [5.41, 5.74) is 2.20. The molecule has 2 aromatic carbocycles. The Morgan fingerprint density at radius 1 is 1.07 bits per heavy atom. The molecule has 0 spiro atoms. The summed E-state index contributed by atoms with van der Waals surface area (Å²) in [4.78, 5) is 38.9. The third-order valence-corrected chi connectivity index (χ3v) is 4.94. The average Bonchev–Trinajstić information content (AvgIpc) is 3.11. The van der Waals surface area contributed by atoms with Gasteiger partial charge in [-0.15, -0.1) is 0 Å². The van der Waals surface area contributed by atoms with Gasteiger partial charge in [0.1, 0.15) is 6.04 Å². The van der Waals surface area contributed by atoms with Crippen LogP contribution in [-0.2, 0) is 20.7 Å². The van der Waals surface area contributed by atoms with Crippen molar-refractivity contribution >= 4 is 35.1 Å². The van der Waals surface area contributed by atoms with Crippen LogP contribution in [0.25, 0.3) is 0 Å². The van der Waals surface area contributed by atoms with E-state index in [9.17, 15) is 14.4 Å². The van der Waals surface area contributed by atoms with Crippen LogP contribution in [0, 0.1) is 0 Å². The number of anilines is 1. The predicted octanol–water partition coefficient (Wildman–Crippen LogP) is 2.98. The van der Waals surface area contributed by atoms with Crippen LogP contribution in [0.3, 0.4) is 0 Å². The van der Waals surface area contributed by atoms with E-state index < -0.39 is 24.0 Å². The monoisotopic (exact) mass is 400 g/mol. The van der Waals surface area contributed by atoms with Gasteiger partial charge in [0.25, 0.3) is 11.8 Å². The van der Waals surface area contributed by atoms with Crippen LogP contribution in [0.1, 0.15) is 29.8 Å². The maximum atomic E-state index is 12.7. The minimum atomic E-state index is -0.960. The maximum Gasteiger partial charge on any atom is 0.329 e. The van der Waals surface area contributed by atoms with E-state index in [0.29, 0.717) is 6.54 Å². The molecule has 2 aromatic rings. The highest BCUT2D eigenvalue weighted by molar-refractivity contribution is 6.33. The zero-order valence-corrected chi connectivity index (χ0v) is 16.4. The molecule has 1 aliphatic rings. The van der Waals surface area contributed by atoms with Crippen molar-refractivity contribution in [3.8, 4) is 0 Å². The SMILES string of the molecule is C[C@H](NC(=O)c1ccccc1Cl)C(=O)O[C@H](C)C(=O)N1CCc2ccccc21. The summed E-state index contributed by atoms with van der Waals surface area (Å²) in [5.74, 6) is -1.46. The molecule has 2 atom stereocenters. The first-order valence-corrected chi connectivity index (χ1v) is 9.41. The molecular formula is C21H21ClN2O4. The summed E-state index contributed by atoms with van der Waals surface area (Å²) in [6.07, 6.45) is -0.189. The summed E-state index contributed by atoms with van der Waals surface area (Å²) < 4.78 is 5.29. The molecule has 0 radical (unpaired) electrons. The van der Waals surface area contributed by atoms with Crippen molar-refractivity contribution in [2.45, 2.75) is 32.4 Å². The number of carbonyl (C=O) groups excluding carboxylic acids is 3. The highest BCUT2D eigenvalue weighted by Crippen LogP contribution is 2.28. The Balaban J connectivity index is 1.59. The second kappa shape index (κ2) is 8.44. The van der Waals surface area contributed by atoms with Gasteiger partial charge in [0.2, 0.25) is 0 Å². The van der Waals surface area contributed by atoms with Gasteiger partial charge in [-0.2, -0.15) is 0 Å². The Morgan fingerprint density at radius 3 is 2.50 bits per heavy atom. The molecule has 3 rings (SSSR count). The molecule has 7 heteroatoms. The van der Waals surface area contributed by atoms with E-state index in [2.05, 4.69) is 5.32 Å². The number of halogens is 1. The zero-order chi connectivity index (χ0) is 20.3. The molecule has 28 heavy (non-hydrogen) atoms. The third-order valence-electron chi connectivity index (χ3n) is 4.61. The molecule has 0 unspecified atom stereocenters. The van der Waals surface area contributed by atoms with Crippen LogP contribution in [0.15, 0.2) is 48.5 Å². The van der Waals surface area contributed by atoms with Gasteiger partial charge in [-0.25, -0.2) is 4.79 Å². The standard InChI is InChI=1S/C21H21ClN2O4/c1-13(23-19(25)16-8-4-5-9-17(16)22)21(27)28-14(2)20(26)24-12-11-15-7-3-6-10-18(15)24/h3-10,13-14H,11-12H2,1-2H3,(H,23,25)/t13-,14+/m0/s1. The van der Waals surface area contributed by atoms with Gasteiger partial charge in [-0.3, -0.25) is 9.59 Å². The van der Waals surface area contributed by atoms with Gasteiger partial charge in [-0.1, -0.05) is 41.9 Å². The lowest BCUT2D eigenvalue weighted by molar-refractivity contribution is -0.155. The maximum absolute atomic E-state index is 12.7. The van der Waals surface area contributed by atoms with E-state index in [1.54, 1.807) is 29.2 Å². The van der Waals surface area contributed by atoms with E-state index in [1.807, 2.05) is 24.3 Å². The van der Waals surface area contributed by atoms with E-state index in [-0.39, 0.29) is 16.5 Å². The van der Waals surface area contributed by atoms with E-state index in [0.717, 1.165) is 17.7 Å². The second-order valence-corrected chi connectivity index (χ2v) is 7.03. The number of ether oxygens (including phenoxy) is 1. The van der Waals surface area contributed by atoms with Crippen molar-refractivity contribution in [1.29, 1.82) is 0 Å². The van der Waals surface area contributed by atoms with Crippen LogP contribution in [-0.4, -0.2) is 36.5 Å². The topological polar surface area (TPSA) is 75.7 Å². The van der Waals surface area contributed by atoms with E-state index in [1.165, 1.54) is 13.8 Å². The van der Waals surface area contributed by atoms with Crippen molar-refractivity contribution in [3.05, 3.63) is 64.7 Å². The number of amides is 2. The predicted molar refractivity (Wildman–Crippen MR) is 106 cm³/mol. The smallest absolute Gasteiger partial charge is 0.329 e. The lowest BCUT2D eigenvalue weighted by atomic mass is 10.2. The molecule has 0 saturated heterocycles. The molecule has 2 amide bonds. The number of carbonyl (C=O) groups is 3. The molecule has 0 fully saturated rings. The van der Waals surface area contributed by atoms with Gasteiger partial charge in [0.15, 0.2) is 6.10 Å². The summed E-state index contributed by atoms with van der Waals surface area (Å²) in [6.45, 7) is 3.59. The highest BCUT2D eigenvalue weighted by atomic mass is 35.5. The number of benzene rings is 2. The summed E-state index contributed by atoms with van der Waals surface area (Å²) >= 11 is 5.99. The summed E-state index contributed by atoms with van der Waals surface area (Å²) in [6, 6.07) is 13.3. The second-order valence-electron chi connectivity index (χ2n) is 6.62. The first-order valence-electron chi connectivity index (χ1n) is 9.03. The fourth-order valence-electron chi connectivity index (χ4n) is 3.09. The van der Waals surface area contributed by atoms with Crippen molar-refractivity contribution in [1.82, 2.24) is 5.32 Å². The minimum Gasteiger partial charge on any atom is -0.451 e.